The van der Waals surface area contributed by atoms with Crippen LogP contribution in [0.5, 0.6) is 0 Å². The Kier molecular flexibility index (Phi) is 4.16. The first-order chi connectivity index (χ1) is 7.19. The van der Waals surface area contributed by atoms with E-state index in [0.717, 1.165) is 13.1 Å². The van der Waals surface area contributed by atoms with Gasteiger partial charge in [-0.3, -0.25) is 0 Å². The van der Waals surface area contributed by atoms with Gasteiger partial charge in [-0.25, -0.2) is 4.79 Å². The first-order valence-electron chi connectivity index (χ1n) is 5.24. The molecule has 3 nitrogen and oxygen atoms in total. The molecule has 82 valence electrons. The molecular weight excluding hydrogens is 190 g/mol. The van der Waals surface area contributed by atoms with Crippen LogP contribution in [0.3, 0.4) is 0 Å². The highest BCUT2D eigenvalue weighted by Gasteiger charge is 2.09. The maximum atomic E-state index is 10.8. The summed E-state index contributed by atoms with van der Waals surface area (Å²) < 4.78 is 0. The molecule has 15 heavy (non-hydrogen) atoms. The van der Waals surface area contributed by atoms with E-state index in [1.54, 1.807) is 18.2 Å². The topological polar surface area (TPSA) is 40.5 Å². The molecular formula is C12H17NO2. The van der Waals surface area contributed by atoms with E-state index in [4.69, 9.17) is 5.11 Å². The number of rotatable bonds is 4. The fourth-order valence-corrected chi connectivity index (χ4v) is 1.64. The maximum Gasteiger partial charge on any atom is 0.335 e. The molecule has 1 N–H and O–H groups in total. The molecule has 0 unspecified atom stereocenters. The number of carboxylic acid groups (broad SMARTS) is 1. The van der Waals surface area contributed by atoms with E-state index >= 15 is 0 Å². The summed E-state index contributed by atoms with van der Waals surface area (Å²) in [6.45, 7) is 6.10. The van der Waals surface area contributed by atoms with Gasteiger partial charge in [0.05, 0.1) is 5.57 Å². The van der Waals surface area contributed by atoms with Crippen LogP contribution in [0.2, 0.25) is 0 Å². The van der Waals surface area contributed by atoms with Crippen LogP contribution in [0, 0.1) is 0 Å². The van der Waals surface area contributed by atoms with Crippen LogP contribution in [0.25, 0.3) is 0 Å². The van der Waals surface area contributed by atoms with Crippen LogP contribution in [-0.4, -0.2) is 29.1 Å². The smallest absolute Gasteiger partial charge is 0.335 e. The largest absolute Gasteiger partial charge is 0.478 e. The molecule has 0 aromatic rings. The van der Waals surface area contributed by atoms with Crippen molar-refractivity contribution in [1.29, 1.82) is 0 Å². The van der Waals surface area contributed by atoms with Gasteiger partial charge in [0.1, 0.15) is 0 Å². The number of allylic oxidation sites excluding steroid dienone is 3. The number of carbonyl (C=O) groups is 1. The number of carboxylic acids is 1. The molecule has 0 atom stereocenters. The molecule has 1 rings (SSSR count). The van der Waals surface area contributed by atoms with Crippen molar-refractivity contribution in [3.63, 3.8) is 0 Å². The quantitative estimate of drug-likeness (QED) is 0.768. The van der Waals surface area contributed by atoms with Crippen molar-refractivity contribution >= 4 is 5.97 Å². The third-order valence-corrected chi connectivity index (χ3v) is 2.51. The summed E-state index contributed by atoms with van der Waals surface area (Å²) in [5.41, 5.74) is 1.54. The molecule has 0 spiro atoms. The molecule has 0 amide bonds. The monoisotopic (exact) mass is 207 g/mol. The fourth-order valence-electron chi connectivity index (χ4n) is 1.64. The second kappa shape index (κ2) is 5.39. The first kappa shape index (κ1) is 11.6. The van der Waals surface area contributed by atoms with Crippen LogP contribution >= 0.6 is 0 Å². The molecule has 0 aromatic carbocycles. The lowest BCUT2D eigenvalue weighted by Crippen LogP contribution is -2.21. The summed E-state index contributed by atoms with van der Waals surface area (Å²) in [6.07, 6.45) is 7.88. The van der Waals surface area contributed by atoms with E-state index in [-0.39, 0.29) is 0 Å². The van der Waals surface area contributed by atoms with Crippen molar-refractivity contribution in [3.05, 3.63) is 35.6 Å². The van der Waals surface area contributed by atoms with Gasteiger partial charge < -0.3 is 10.0 Å². The van der Waals surface area contributed by atoms with E-state index in [9.17, 15) is 4.79 Å². The van der Waals surface area contributed by atoms with Gasteiger partial charge in [-0.1, -0.05) is 12.2 Å². The van der Waals surface area contributed by atoms with Crippen molar-refractivity contribution in [2.24, 2.45) is 0 Å². The highest BCUT2D eigenvalue weighted by Crippen LogP contribution is 2.15. The third-order valence-electron chi connectivity index (χ3n) is 2.51. The Balaban J connectivity index is 2.78. The second-order valence-electron chi connectivity index (χ2n) is 3.36. The van der Waals surface area contributed by atoms with Crippen LogP contribution in [0.15, 0.2) is 35.6 Å². The highest BCUT2D eigenvalue weighted by atomic mass is 16.4. The summed E-state index contributed by atoms with van der Waals surface area (Å²) in [5.74, 6) is -0.861. The predicted octanol–water partition coefficient (Wildman–Crippen LogP) is 2.18. The molecule has 1 aliphatic carbocycles. The predicted molar refractivity (Wildman–Crippen MR) is 60.5 cm³/mol. The highest BCUT2D eigenvalue weighted by molar-refractivity contribution is 5.90. The van der Waals surface area contributed by atoms with Gasteiger partial charge >= 0.3 is 5.97 Å². The molecule has 1 aliphatic rings. The van der Waals surface area contributed by atoms with Crippen LogP contribution < -0.4 is 0 Å². The summed E-state index contributed by atoms with van der Waals surface area (Å²) >= 11 is 0. The van der Waals surface area contributed by atoms with E-state index in [2.05, 4.69) is 18.7 Å². The minimum absolute atomic E-state index is 0.369. The Morgan fingerprint density at radius 3 is 2.67 bits per heavy atom. The average molecular weight is 207 g/mol. The van der Waals surface area contributed by atoms with Crippen LogP contribution in [0.1, 0.15) is 20.3 Å². The third kappa shape index (κ3) is 2.98. The first-order valence-corrected chi connectivity index (χ1v) is 5.24. The standard InChI is InChI=1S/C12H17NO2/c1-3-13(4-2)11-7-5-6-10(8-9-11)12(14)15/h5-8H,3-4,9H2,1-2H3,(H,14,15). The Morgan fingerprint density at radius 1 is 1.47 bits per heavy atom. The van der Waals surface area contributed by atoms with E-state index in [1.165, 1.54) is 5.70 Å². The Bertz CT molecular complexity index is 323. The molecule has 0 aromatic heterocycles. The number of aliphatic carboxylic acids is 1. The fraction of sp³-hybridized carbons (Fsp3) is 0.417. The average Bonchev–Trinajstić information content (AvgIpc) is 2.45. The molecule has 0 aliphatic heterocycles. The zero-order valence-corrected chi connectivity index (χ0v) is 9.23. The lowest BCUT2D eigenvalue weighted by molar-refractivity contribution is -0.132. The number of hydrogen-bond acceptors (Lipinski definition) is 2. The van der Waals surface area contributed by atoms with Gasteiger partial charge in [0.2, 0.25) is 0 Å². The van der Waals surface area contributed by atoms with Crippen molar-refractivity contribution in [2.45, 2.75) is 20.3 Å². The molecule has 0 radical (unpaired) electrons. The summed E-state index contributed by atoms with van der Waals surface area (Å²) in [7, 11) is 0. The second-order valence-corrected chi connectivity index (χ2v) is 3.36. The Hall–Kier alpha value is -1.51. The van der Waals surface area contributed by atoms with Gasteiger partial charge in [-0.05, 0) is 26.0 Å². The lowest BCUT2D eigenvalue weighted by atomic mass is 10.2. The zero-order valence-electron chi connectivity index (χ0n) is 9.23. The van der Waals surface area contributed by atoms with Gasteiger partial charge in [0, 0.05) is 25.2 Å². The van der Waals surface area contributed by atoms with E-state index < -0.39 is 5.97 Å². The van der Waals surface area contributed by atoms with Crippen molar-refractivity contribution in [3.8, 4) is 0 Å². The molecule has 3 heteroatoms. The molecule has 0 fully saturated rings. The van der Waals surface area contributed by atoms with Gasteiger partial charge in [-0.2, -0.15) is 0 Å². The number of hydrogen-bond donors (Lipinski definition) is 1. The molecule has 0 bridgehead atoms. The SMILES string of the molecule is CCN(CC)C1=CC=CC(C(=O)O)=CC1. The van der Waals surface area contributed by atoms with Crippen LogP contribution in [-0.2, 0) is 4.79 Å². The van der Waals surface area contributed by atoms with Gasteiger partial charge in [-0.15, -0.1) is 0 Å². The molecule has 0 heterocycles. The van der Waals surface area contributed by atoms with Gasteiger partial charge in [0.25, 0.3) is 0 Å². The van der Waals surface area contributed by atoms with E-state index in [1.807, 2.05) is 6.08 Å². The Labute approximate surface area is 90.4 Å². The number of nitrogens with zero attached hydrogens (tertiary/aromatic N) is 1. The van der Waals surface area contributed by atoms with Gasteiger partial charge in [0.15, 0.2) is 0 Å². The Morgan fingerprint density at radius 2 is 2.13 bits per heavy atom. The van der Waals surface area contributed by atoms with E-state index in [0.29, 0.717) is 12.0 Å². The lowest BCUT2D eigenvalue weighted by Gasteiger charge is -2.23. The normalized spacial score (nSPS) is 15.3. The summed E-state index contributed by atoms with van der Waals surface area (Å²) in [4.78, 5) is 13.0. The van der Waals surface area contributed by atoms with Crippen molar-refractivity contribution in [2.75, 3.05) is 13.1 Å². The molecule has 0 saturated heterocycles. The minimum Gasteiger partial charge on any atom is -0.478 e. The minimum atomic E-state index is -0.861. The molecule has 0 saturated carbocycles. The van der Waals surface area contributed by atoms with Crippen molar-refractivity contribution < 1.29 is 9.90 Å². The summed E-state index contributed by atoms with van der Waals surface area (Å²) in [5, 5.41) is 8.85. The van der Waals surface area contributed by atoms with Crippen LogP contribution in [0.4, 0.5) is 0 Å². The van der Waals surface area contributed by atoms with Crippen molar-refractivity contribution in [1.82, 2.24) is 4.90 Å². The maximum absolute atomic E-state index is 10.8. The zero-order chi connectivity index (χ0) is 11.3. The summed E-state index contributed by atoms with van der Waals surface area (Å²) in [6, 6.07) is 0.